The number of carbonyl (C=O) groups excluding carboxylic acids is 1. The molecule has 3 aromatic rings. The number of amides is 1. The number of aromatic nitrogens is 2. The van der Waals surface area contributed by atoms with Gasteiger partial charge in [0.1, 0.15) is 11.4 Å². The minimum absolute atomic E-state index is 0.187. The van der Waals surface area contributed by atoms with E-state index in [0.29, 0.717) is 26.2 Å². The number of ether oxygens (including phenoxy) is 3. The van der Waals surface area contributed by atoms with Gasteiger partial charge in [0.15, 0.2) is 6.29 Å². The van der Waals surface area contributed by atoms with Crippen molar-refractivity contribution in [3.8, 4) is 5.75 Å². The first-order valence-corrected chi connectivity index (χ1v) is 12.9. The molecular formula is C29H40N4O4. The van der Waals surface area contributed by atoms with Gasteiger partial charge < -0.3 is 24.8 Å². The Bertz CT molecular complexity index is 1140. The monoisotopic (exact) mass is 508 g/mol. The second-order valence-electron chi connectivity index (χ2n) is 10.00. The third-order valence-electron chi connectivity index (χ3n) is 5.87. The molecule has 2 N–H and O–H groups in total. The molecule has 0 radical (unpaired) electrons. The highest BCUT2D eigenvalue weighted by Gasteiger charge is 2.32. The van der Waals surface area contributed by atoms with E-state index in [0.717, 1.165) is 27.9 Å². The summed E-state index contributed by atoms with van der Waals surface area (Å²) in [5.74, 6) is 0.590. The number of hydrogen-bond acceptors (Lipinski definition) is 7. The van der Waals surface area contributed by atoms with Crippen LogP contribution in [0.25, 0.3) is 11.0 Å². The first-order valence-electron chi connectivity index (χ1n) is 12.9. The SMILES string of the molecule is CCOC(OCC)[C@H](C)N(Cc1cccc2nccnc12)C(=O)[C@@H](N)Cc1ccc(OC(C)(C)C)cc1. The van der Waals surface area contributed by atoms with Crippen LogP contribution < -0.4 is 10.5 Å². The minimum Gasteiger partial charge on any atom is -0.488 e. The minimum atomic E-state index is -0.748. The van der Waals surface area contributed by atoms with E-state index < -0.39 is 12.3 Å². The van der Waals surface area contributed by atoms with Crippen molar-refractivity contribution in [2.45, 2.75) is 78.5 Å². The topological polar surface area (TPSA) is 99.8 Å². The molecule has 0 aliphatic carbocycles. The molecule has 1 amide bonds. The number of rotatable bonds is 12. The van der Waals surface area contributed by atoms with Crippen molar-refractivity contribution in [2.24, 2.45) is 5.73 Å². The fraction of sp³-hybridized carbons (Fsp3) is 0.483. The van der Waals surface area contributed by atoms with E-state index in [9.17, 15) is 4.79 Å². The Morgan fingerprint density at radius 3 is 2.27 bits per heavy atom. The third kappa shape index (κ3) is 7.95. The van der Waals surface area contributed by atoms with Crippen LogP contribution in [0.3, 0.4) is 0 Å². The maximum absolute atomic E-state index is 13.8. The Balaban J connectivity index is 1.85. The van der Waals surface area contributed by atoms with Crippen LogP contribution in [0.4, 0.5) is 0 Å². The van der Waals surface area contributed by atoms with E-state index >= 15 is 0 Å². The van der Waals surface area contributed by atoms with Crippen molar-refractivity contribution in [2.75, 3.05) is 13.2 Å². The lowest BCUT2D eigenvalue weighted by atomic mass is 10.0. The van der Waals surface area contributed by atoms with Crippen molar-refractivity contribution >= 4 is 16.9 Å². The third-order valence-corrected chi connectivity index (χ3v) is 5.87. The second kappa shape index (κ2) is 12.9. The van der Waals surface area contributed by atoms with Crippen LogP contribution in [0.1, 0.15) is 52.7 Å². The van der Waals surface area contributed by atoms with E-state index in [1.807, 2.05) is 84.0 Å². The average molecular weight is 509 g/mol. The normalized spacial score (nSPS) is 13.5. The van der Waals surface area contributed by atoms with Gasteiger partial charge in [0.05, 0.1) is 23.1 Å². The Morgan fingerprint density at radius 1 is 1.00 bits per heavy atom. The standard InChI is InChI=1S/C29H40N4O4/c1-7-35-28(36-8-2)20(3)33(19-22-10-9-11-25-26(22)32-17-16-31-25)27(34)24(30)18-21-12-14-23(15-13-21)37-29(4,5)6/h9-17,20,24,28H,7-8,18-19,30H2,1-6H3/t20-,24-/m0/s1. The quantitative estimate of drug-likeness (QED) is 0.360. The molecule has 2 aromatic carbocycles. The number of para-hydroxylation sites is 1. The van der Waals surface area contributed by atoms with E-state index in [1.165, 1.54) is 0 Å². The molecule has 200 valence electrons. The highest BCUT2D eigenvalue weighted by molar-refractivity contribution is 5.83. The molecule has 2 atom stereocenters. The zero-order chi connectivity index (χ0) is 27.0. The number of nitrogens with zero attached hydrogens (tertiary/aromatic N) is 3. The molecule has 3 rings (SSSR count). The summed E-state index contributed by atoms with van der Waals surface area (Å²) in [6.45, 7) is 13.0. The number of fused-ring (bicyclic) bond motifs is 1. The lowest BCUT2D eigenvalue weighted by Gasteiger charge is -2.36. The van der Waals surface area contributed by atoms with E-state index in [4.69, 9.17) is 19.9 Å². The molecule has 37 heavy (non-hydrogen) atoms. The van der Waals surface area contributed by atoms with Gasteiger partial charge in [0.2, 0.25) is 5.91 Å². The van der Waals surface area contributed by atoms with Gasteiger partial charge in [0, 0.05) is 32.2 Å². The first-order chi connectivity index (χ1) is 17.6. The Hall–Kier alpha value is -3.07. The van der Waals surface area contributed by atoms with Crippen molar-refractivity contribution in [3.63, 3.8) is 0 Å². The number of nitrogens with two attached hydrogens (primary N) is 1. The van der Waals surface area contributed by atoms with Gasteiger partial charge >= 0.3 is 0 Å². The van der Waals surface area contributed by atoms with Crippen molar-refractivity contribution in [1.29, 1.82) is 0 Å². The summed E-state index contributed by atoms with van der Waals surface area (Å²) in [6.07, 6.45) is 3.12. The highest BCUT2D eigenvalue weighted by Crippen LogP contribution is 2.22. The predicted molar refractivity (Wildman–Crippen MR) is 145 cm³/mol. The Kier molecular flexibility index (Phi) is 9.97. The van der Waals surface area contributed by atoms with Gasteiger partial charge in [-0.2, -0.15) is 0 Å². The summed E-state index contributed by atoms with van der Waals surface area (Å²) in [5.41, 5.74) is 9.59. The summed E-state index contributed by atoms with van der Waals surface area (Å²) in [5, 5.41) is 0. The van der Waals surface area contributed by atoms with Gasteiger partial charge in [0.25, 0.3) is 0 Å². The summed E-state index contributed by atoms with van der Waals surface area (Å²) in [4.78, 5) is 24.5. The van der Waals surface area contributed by atoms with Crippen LogP contribution in [0, 0.1) is 0 Å². The molecule has 0 saturated carbocycles. The lowest BCUT2D eigenvalue weighted by molar-refractivity contribution is -0.179. The predicted octanol–water partition coefficient (Wildman–Crippen LogP) is 4.49. The molecule has 0 aliphatic heterocycles. The van der Waals surface area contributed by atoms with Crippen molar-refractivity contribution in [1.82, 2.24) is 14.9 Å². The molecular weight excluding hydrogens is 468 g/mol. The molecule has 0 unspecified atom stereocenters. The van der Waals surface area contributed by atoms with Crippen LogP contribution in [-0.4, -0.2) is 58.0 Å². The molecule has 0 aliphatic rings. The number of hydrogen-bond donors (Lipinski definition) is 1. The second-order valence-corrected chi connectivity index (χ2v) is 10.00. The van der Waals surface area contributed by atoms with E-state index in [2.05, 4.69) is 9.97 Å². The first kappa shape index (κ1) is 28.5. The maximum Gasteiger partial charge on any atom is 0.240 e. The van der Waals surface area contributed by atoms with Crippen molar-refractivity contribution < 1.29 is 19.0 Å². The van der Waals surface area contributed by atoms with E-state index in [1.54, 1.807) is 17.3 Å². The zero-order valence-electron chi connectivity index (χ0n) is 22.8. The summed E-state index contributed by atoms with van der Waals surface area (Å²) >= 11 is 0. The molecule has 1 aromatic heterocycles. The molecule has 0 saturated heterocycles. The van der Waals surface area contributed by atoms with Gasteiger partial charge in [-0.25, -0.2) is 0 Å². The summed E-state index contributed by atoms with van der Waals surface area (Å²) < 4.78 is 17.6. The summed E-state index contributed by atoms with van der Waals surface area (Å²) in [7, 11) is 0. The number of benzene rings is 2. The van der Waals surface area contributed by atoms with Gasteiger partial charge in [-0.3, -0.25) is 14.8 Å². The van der Waals surface area contributed by atoms with Crippen LogP contribution in [0.2, 0.25) is 0 Å². The van der Waals surface area contributed by atoms with Gasteiger partial charge in [-0.15, -0.1) is 0 Å². The highest BCUT2D eigenvalue weighted by atomic mass is 16.7. The average Bonchev–Trinajstić information content (AvgIpc) is 2.86. The summed E-state index contributed by atoms with van der Waals surface area (Å²) in [6, 6.07) is 12.4. The molecule has 1 heterocycles. The molecule has 0 bridgehead atoms. The molecule has 0 spiro atoms. The fourth-order valence-electron chi connectivity index (χ4n) is 4.19. The molecule has 8 nitrogen and oxygen atoms in total. The smallest absolute Gasteiger partial charge is 0.240 e. The van der Waals surface area contributed by atoms with Crippen LogP contribution in [0.15, 0.2) is 54.9 Å². The molecule has 0 fully saturated rings. The molecule has 8 heteroatoms. The Morgan fingerprint density at radius 2 is 1.65 bits per heavy atom. The van der Waals surface area contributed by atoms with Gasteiger partial charge in [-0.1, -0.05) is 24.3 Å². The van der Waals surface area contributed by atoms with E-state index in [-0.39, 0.29) is 17.6 Å². The Labute approximate surface area is 220 Å². The zero-order valence-corrected chi connectivity index (χ0v) is 22.8. The van der Waals surface area contributed by atoms with Crippen molar-refractivity contribution in [3.05, 3.63) is 66.0 Å². The lowest BCUT2D eigenvalue weighted by Crippen LogP contribution is -2.52. The largest absolute Gasteiger partial charge is 0.488 e. The van der Waals surface area contributed by atoms with Gasteiger partial charge in [-0.05, 0) is 77.3 Å². The maximum atomic E-state index is 13.8. The van der Waals surface area contributed by atoms with Crippen LogP contribution >= 0.6 is 0 Å². The van der Waals surface area contributed by atoms with Crippen LogP contribution in [-0.2, 0) is 27.2 Å². The number of carbonyl (C=O) groups is 1. The van der Waals surface area contributed by atoms with Crippen LogP contribution in [0.5, 0.6) is 5.75 Å². The fourth-order valence-corrected chi connectivity index (χ4v) is 4.19.